The Morgan fingerprint density at radius 3 is 2.68 bits per heavy atom. The van der Waals surface area contributed by atoms with Crippen LogP contribution in [0.5, 0.6) is 11.5 Å². The van der Waals surface area contributed by atoms with Crippen LogP contribution in [0.25, 0.3) is 0 Å². The number of ether oxygens (including phenoxy) is 2. The van der Waals surface area contributed by atoms with Crippen LogP contribution in [-0.4, -0.2) is 42.6 Å². The molecule has 0 aromatic heterocycles. The molecular formula is C19H21NO4S. The van der Waals surface area contributed by atoms with E-state index in [9.17, 15) is 4.79 Å². The lowest BCUT2D eigenvalue weighted by molar-refractivity contribution is 0.0813. The number of fused-ring (bicyclic) bond motifs is 1. The van der Waals surface area contributed by atoms with E-state index in [1.165, 1.54) is 0 Å². The van der Waals surface area contributed by atoms with Crippen LogP contribution >= 0.6 is 11.8 Å². The lowest BCUT2D eigenvalue weighted by Gasteiger charge is -2.26. The Morgan fingerprint density at radius 2 is 1.92 bits per heavy atom. The van der Waals surface area contributed by atoms with E-state index < -0.39 is 0 Å². The molecule has 0 bridgehead atoms. The number of amides is 1. The van der Waals surface area contributed by atoms with E-state index in [1.807, 2.05) is 36.4 Å². The summed E-state index contributed by atoms with van der Waals surface area (Å²) in [5.41, 5.74) is 0.625. The highest BCUT2D eigenvalue weighted by Crippen LogP contribution is 2.31. The predicted octanol–water partition coefficient (Wildman–Crippen LogP) is 2.73. The fourth-order valence-electron chi connectivity index (χ4n) is 2.52. The average molecular weight is 359 g/mol. The van der Waals surface area contributed by atoms with E-state index in [2.05, 4.69) is 5.32 Å². The Hall–Kier alpha value is -2.18. The Morgan fingerprint density at radius 1 is 1.16 bits per heavy atom. The van der Waals surface area contributed by atoms with Crippen molar-refractivity contribution in [3.8, 4) is 11.5 Å². The van der Waals surface area contributed by atoms with Gasteiger partial charge in [-0.05, 0) is 36.4 Å². The first-order chi connectivity index (χ1) is 12.3. The van der Waals surface area contributed by atoms with Gasteiger partial charge < -0.3 is 19.9 Å². The van der Waals surface area contributed by atoms with Crippen molar-refractivity contribution in [3.63, 3.8) is 0 Å². The molecule has 2 aromatic carbocycles. The Balaban J connectivity index is 1.44. The van der Waals surface area contributed by atoms with Crippen LogP contribution in [0.1, 0.15) is 16.8 Å². The van der Waals surface area contributed by atoms with E-state index in [1.54, 1.807) is 23.9 Å². The second kappa shape index (κ2) is 8.78. The molecule has 0 spiro atoms. The number of aliphatic hydroxyl groups excluding tert-OH is 1. The highest BCUT2D eigenvalue weighted by molar-refractivity contribution is 7.99. The number of hydrogen-bond acceptors (Lipinski definition) is 5. The van der Waals surface area contributed by atoms with Crippen molar-refractivity contribution in [3.05, 3.63) is 54.1 Å². The molecule has 6 heteroatoms. The number of para-hydroxylation sites is 2. The fraction of sp³-hybridized carbons (Fsp3) is 0.316. The number of benzene rings is 2. The summed E-state index contributed by atoms with van der Waals surface area (Å²) in [6, 6.07) is 15.0. The molecule has 5 nitrogen and oxygen atoms in total. The molecule has 1 aliphatic rings. The molecule has 1 atom stereocenters. The van der Waals surface area contributed by atoms with E-state index >= 15 is 0 Å². The van der Waals surface area contributed by atoms with Crippen molar-refractivity contribution >= 4 is 17.7 Å². The topological polar surface area (TPSA) is 67.8 Å². The first kappa shape index (κ1) is 17.6. The third-order valence-electron chi connectivity index (χ3n) is 3.80. The molecular weight excluding hydrogens is 338 g/mol. The highest BCUT2D eigenvalue weighted by Gasteiger charge is 2.20. The quantitative estimate of drug-likeness (QED) is 0.744. The van der Waals surface area contributed by atoms with Gasteiger partial charge in [-0.1, -0.05) is 12.1 Å². The van der Waals surface area contributed by atoms with Crippen molar-refractivity contribution in [1.29, 1.82) is 0 Å². The number of nitrogens with one attached hydrogen (secondary N) is 1. The summed E-state index contributed by atoms with van der Waals surface area (Å²) in [5.74, 6) is 2.07. The standard InChI is InChI=1S/C19H21NO4S/c21-11-12-25-16-7-5-14(6-8-16)19(22)20-10-9-15-13-23-17-3-1-2-4-18(17)24-15/h1-8,15,21H,9-13H2,(H,20,22). The molecule has 2 aromatic rings. The van der Waals surface area contributed by atoms with Gasteiger partial charge in [0.2, 0.25) is 0 Å². The van der Waals surface area contributed by atoms with Crippen LogP contribution < -0.4 is 14.8 Å². The maximum Gasteiger partial charge on any atom is 0.251 e. The molecule has 0 radical (unpaired) electrons. The van der Waals surface area contributed by atoms with Gasteiger partial charge in [-0.15, -0.1) is 11.8 Å². The third kappa shape index (κ3) is 4.90. The van der Waals surface area contributed by atoms with Gasteiger partial charge >= 0.3 is 0 Å². The number of carbonyl (C=O) groups excluding carboxylic acids is 1. The number of aliphatic hydroxyl groups is 1. The first-order valence-electron chi connectivity index (χ1n) is 8.26. The number of hydrogen-bond donors (Lipinski definition) is 2. The maximum absolute atomic E-state index is 12.2. The highest BCUT2D eigenvalue weighted by atomic mass is 32.2. The van der Waals surface area contributed by atoms with E-state index in [4.69, 9.17) is 14.6 Å². The van der Waals surface area contributed by atoms with Gasteiger partial charge in [0.1, 0.15) is 12.7 Å². The van der Waals surface area contributed by atoms with Gasteiger partial charge in [0.05, 0.1) is 6.61 Å². The average Bonchev–Trinajstić information content (AvgIpc) is 2.66. The summed E-state index contributed by atoms with van der Waals surface area (Å²) in [6.07, 6.45) is 0.622. The SMILES string of the molecule is O=C(NCCC1COc2ccccc2O1)c1ccc(SCCO)cc1. The van der Waals surface area contributed by atoms with Crippen LogP contribution in [0.2, 0.25) is 0 Å². The van der Waals surface area contributed by atoms with Crippen molar-refractivity contribution in [2.45, 2.75) is 17.4 Å². The van der Waals surface area contributed by atoms with Gasteiger partial charge in [-0.25, -0.2) is 0 Å². The summed E-state index contributed by atoms with van der Waals surface area (Å²) in [5, 5.41) is 11.7. The number of thioether (sulfide) groups is 1. The zero-order chi connectivity index (χ0) is 17.5. The molecule has 132 valence electrons. The van der Waals surface area contributed by atoms with Crippen LogP contribution in [0.15, 0.2) is 53.4 Å². The summed E-state index contributed by atoms with van der Waals surface area (Å²) < 4.78 is 11.5. The predicted molar refractivity (Wildman–Crippen MR) is 97.6 cm³/mol. The molecule has 1 unspecified atom stereocenters. The normalized spacial score (nSPS) is 15.6. The lowest BCUT2D eigenvalue weighted by atomic mass is 10.2. The van der Waals surface area contributed by atoms with Gasteiger partial charge in [-0.2, -0.15) is 0 Å². The summed E-state index contributed by atoms with van der Waals surface area (Å²) in [7, 11) is 0. The zero-order valence-electron chi connectivity index (χ0n) is 13.8. The smallest absolute Gasteiger partial charge is 0.251 e. The molecule has 2 N–H and O–H groups in total. The zero-order valence-corrected chi connectivity index (χ0v) is 14.6. The Bertz CT molecular complexity index is 705. The largest absolute Gasteiger partial charge is 0.486 e. The molecule has 1 amide bonds. The van der Waals surface area contributed by atoms with Crippen molar-refractivity contribution in [2.75, 3.05) is 25.5 Å². The fourth-order valence-corrected chi connectivity index (χ4v) is 3.18. The van der Waals surface area contributed by atoms with E-state index in [0.717, 1.165) is 16.4 Å². The number of rotatable bonds is 7. The van der Waals surface area contributed by atoms with Gasteiger partial charge in [0.15, 0.2) is 11.5 Å². The van der Waals surface area contributed by atoms with Gasteiger partial charge in [-0.3, -0.25) is 4.79 Å². The van der Waals surface area contributed by atoms with Gasteiger partial charge in [0.25, 0.3) is 5.91 Å². The molecule has 1 aliphatic heterocycles. The molecule has 0 saturated heterocycles. The molecule has 0 aliphatic carbocycles. The van der Waals surface area contributed by atoms with Crippen molar-refractivity contribution < 1.29 is 19.4 Å². The lowest BCUT2D eigenvalue weighted by Crippen LogP contribution is -2.34. The Labute approximate surface area is 151 Å². The monoisotopic (exact) mass is 359 g/mol. The summed E-state index contributed by atoms with van der Waals surface area (Å²) >= 11 is 1.56. The van der Waals surface area contributed by atoms with E-state index in [-0.39, 0.29) is 18.6 Å². The van der Waals surface area contributed by atoms with Gasteiger partial charge in [0, 0.05) is 29.2 Å². The second-order valence-electron chi connectivity index (χ2n) is 5.64. The van der Waals surface area contributed by atoms with Crippen LogP contribution in [-0.2, 0) is 0 Å². The van der Waals surface area contributed by atoms with Crippen LogP contribution in [0.4, 0.5) is 0 Å². The number of carbonyl (C=O) groups is 1. The summed E-state index contributed by atoms with van der Waals surface area (Å²) in [6.45, 7) is 1.16. The second-order valence-corrected chi connectivity index (χ2v) is 6.81. The molecule has 3 rings (SSSR count). The minimum atomic E-state index is -0.101. The first-order valence-corrected chi connectivity index (χ1v) is 9.25. The minimum absolute atomic E-state index is 0.0625. The third-order valence-corrected chi connectivity index (χ3v) is 4.79. The Kier molecular flexibility index (Phi) is 6.19. The van der Waals surface area contributed by atoms with Crippen LogP contribution in [0, 0.1) is 0 Å². The van der Waals surface area contributed by atoms with Crippen LogP contribution in [0.3, 0.4) is 0 Å². The summed E-state index contributed by atoms with van der Waals surface area (Å²) in [4.78, 5) is 13.2. The van der Waals surface area contributed by atoms with E-state index in [0.29, 0.717) is 30.9 Å². The molecule has 0 saturated carbocycles. The maximum atomic E-state index is 12.2. The molecule has 25 heavy (non-hydrogen) atoms. The molecule has 0 fully saturated rings. The van der Waals surface area contributed by atoms with Crippen molar-refractivity contribution in [1.82, 2.24) is 5.32 Å². The molecule has 1 heterocycles. The minimum Gasteiger partial charge on any atom is -0.486 e. The van der Waals surface area contributed by atoms with Crippen molar-refractivity contribution in [2.24, 2.45) is 0 Å².